The van der Waals surface area contributed by atoms with Gasteiger partial charge in [0.15, 0.2) is 5.82 Å². The minimum Gasteiger partial charge on any atom is -0.491 e. The molecule has 0 saturated heterocycles. The summed E-state index contributed by atoms with van der Waals surface area (Å²) in [6.07, 6.45) is 0.663. The van der Waals surface area contributed by atoms with Crippen molar-refractivity contribution in [3.05, 3.63) is 65.5 Å². The first-order valence-electron chi connectivity index (χ1n) is 9.87. The number of nitrogens with two attached hydrogens (primary N) is 1. The molecule has 2 heterocycles. The number of aromatic nitrogens is 3. The Balaban J connectivity index is 1.51. The molecule has 0 radical (unpaired) electrons. The second-order valence-electron chi connectivity index (χ2n) is 7.12. The van der Waals surface area contributed by atoms with Gasteiger partial charge in [0.05, 0.1) is 12.1 Å². The molecular formula is C22H25N5O2. The molecule has 0 unspecified atom stereocenters. The van der Waals surface area contributed by atoms with Gasteiger partial charge >= 0.3 is 0 Å². The van der Waals surface area contributed by atoms with E-state index in [4.69, 9.17) is 15.5 Å². The molecule has 0 aliphatic carbocycles. The number of benzene rings is 2. The van der Waals surface area contributed by atoms with E-state index in [0.29, 0.717) is 50.5 Å². The fraction of sp³-hybridized carbons (Fsp3) is 0.318. The Morgan fingerprint density at radius 1 is 1.14 bits per heavy atom. The van der Waals surface area contributed by atoms with Crippen LogP contribution in [0.1, 0.15) is 21.7 Å². The normalized spacial score (nSPS) is 13.7. The van der Waals surface area contributed by atoms with Crippen molar-refractivity contribution in [2.24, 2.45) is 5.73 Å². The van der Waals surface area contributed by atoms with Crippen molar-refractivity contribution in [3.8, 4) is 17.1 Å². The molecule has 3 aromatic rings. The number of nitrogens with zero attached hydrogens (tertiary/aromatic N) is 4. The number of ether oxygens (including phenoxy) is 1. The molecule has 0 saturated carbocycles. The summed E-state index contributed by atoms with van der Waals surface area (Å²) in [5.41, 5.74) is 8.15. The van der Waals surface area contributed by atoms with Gasteiger partial charge in [0.1, 0.15) is 18.2 Å². The van der Waals surface area contributed by atoms with Crippen LogP contribution in [0, 0.1) is 6.92 Å². The van der Waals surface area contributed by atoms with Crippen LogP contribution in [0.4, 0.5) is 0 Å². The van der Waals surface area contributed by atoms with Crippen molar-refractivity contribution < 1.29 is 9.53 Å². The van der Waals surface area contributed by atoms with Crippen molar-refractivity contribution in [2.45, 2.75) is 19.9 Å². The van der Waals surface area contributed by atoms with Gasteiger partial charge in [0.2, 0.25) is 0 Å². The molecule has 150 valence electrons. The molecule has 1 aliphatic heterocycles. The first-order chi connectivity index (χ1) is 14.2. The minimum absolute atomic E-state index is 0.0326. The molecule has 29 heavy (non-hydrogen) atoms. The summed E-state index contributed by atoms with van der Waals surface area (Å²) < 4.78 is 7.61. The molecule has 0 fully saturated rings. The van der Waals surface area contributed by atoms with E-state index in [-0.39, 0.29) is 5.91 Å². The Morgan fingerprint density at radius 2 is 1.97 bits per heavy atom. The summed E-state index contributed by atoms with van der Waals surface area (Å²) in [7, 11) is 0. The lowest BCUT2D eigenvalue weighted by Gasteiger charge is -2.22. The maximum Gasteiger partial charge on any atom is 0.257 e. The fourth-order valence-electron chi connectivity index (χ4n) is 3.49. The lowest BCUT2D eigenvalue weighted by atomic mass is 10.1. The van der Waals surface area contributed by atoms with Crippen LogP contribution in [0.3, 0.4) is 0 Å². The summed E-state index contributed by atoms with van der Waals surface area (Å²) in [6.45, 7) is 4.54. The van der Waals surface area contributed by atoms with Crippen molar-refractivity contribution >= 4 is 5.91 Å². The average Bonchev–Trinajstić information content (AvgIpc) is 3.06. The van der Waals surface area contributed by atoms with Gasteiger partial charge in [-0.15, -0.1) is 0 Å². The zero-order valence-corrected chi connectivity index (χ0v) is 16.5. The number of rotatable bonds is 5. The third-order valence-corrected chi connectivity index (χ3v) is 5.00. The van der Waals surface area contributed by atoms with Crippen LogP contribution in [0.25, 0.3) is 11.4 Å². The Labute approximate surface area is 170 Å². The van der Waals surface area contributed by atoms with Crippen LogP contribution in [-0.4, -0.2) is 51.8 Å². The molecule has 0 spiro atoms. The van der Waals surface area contributed by atoms with Crippen molar-refractivity contribution in [1.82, 2.24) is 19.7 Å². The van der Waals surface area contributed by atoms with E-state index >= 15 is 0 Å². The largest absolute Gasteiger partial charge is 0.491 e. The second kappa shape index (κ2) is 8.45. The molecule has 7 nitrogen and oxygen atoms in total. The van der Waals surface area contributed by atoms with Crippen molar-refractivity contribution in [1.29, 1.82) is 0 Å². The Morgan fingerprint density at radius 3 is 2.76 bits per heavy atom. The summed E-state index contributed by atoms with van der Waals surface area (Å²) in [6, 6.07) is 15.6. The van der Waals surface area contributed by atoms with Crippen molar-refractivity contribution in [3.63, 3.8) is 0 Å². The molecule has 1 aromatic heterocycles. The van der Waals surface area contributed by atoms with Gasteiger partial charge in [-0.05, 0) is 19.1 Å². The maximum atomic E-state index is 13.2. The number of hydrogen-bond donors (Lipinski definition) is 1. The number of fused-ring (bicyclic) bond motifs is 1. The SMILES string of the molecule is Cc1ccc(OCCN)c(C(=O)N2CCc3nc(-c4ccccc4)nn3CC2)c1. The number of amides is 1. The van der Waals surface area contributed by atoms with Crippen LogP contribution < -0.4 is 10.5 Å². The number of carbonyl (C=O) groups excluding carboxylic acids is 1. The van der Waals surface area contributed by atoms with Crippen molar-refractivity contribution in [2.75, 3.05) is 26.2 Å². The Bertz CT molecular complexity index is 974. The number of hydrogen-bond acceptors (Lipinski definition) is 5. The quantitative estimate of drug-likeness (QED) is 0.721. The smallest absolute Gasteiger partial charge is 0.257 e. The van der Waals surface area contributed by atoms with Crippen LogP contribution in [0.2, 0.25) is 0 Å². The first-order valence-corrected chi connectivity index (χ1v) is 9.87. The van der Waals surface area contributed by atoms with E-state index in [9.17, 15) is 4.79 Å². The highest BCUT2D eigenvalue weighted by atomic mass is 16.5. The van der Waals surface area contributed by atoms with Crippen LogP contribution in [-0.2, 0) is 13.0 Å². The summed E-state index contributed by atoms with van der Waals surface area (Å²) in [4.78, 5) is 19.8. The summed E-state index contributed by atoms with van der Waals surface area (Å²) in [5.74, 6) is 2.19. The van der Waals surface area contributed by atoms with Gasteiger partial charge in [-0.3, -0.25) is 4.79 Å². The molecule has 1 aliphatic rings. The predicted octanol–water partition coefficient (Wildman–Crippen LogP) is 2.29. The molecule has 2 N–H and O–H groups in total. The van der Waals surface area contributed by atoms with Gasteiger partial charge in [0.25, 0.3) is 5.91 Å². The molecule has 0 atom stereocenters. The number of aryl methyl sites for hydroxylation is 1. The highest BCUT2D eigenvalue weighted by Gasteiger charge is 2.24. The maximum absolute atomic E-state index is 13.2. The van der Waals surface area contributed by atoms with Gasteiger partial charge in [0, 0.05) is 31.6 Å². The molecule has 4 rings (SSSR count). The summed E-state index contributed by atoms with van der Waals surface area (Å²) in [5, 5.41) is 4.65. The molecular weight excluding hydrogens is 366 g/mol. The second-order valence-corrected chi connectivity index (χ2v) is 7.12. The van der Waals surface area contributed by atoms with Gasteiger partial charge < -0.3 is 15.4 Å². The average molecular weight is 391 g/mol. The van der Waals surface area contributed by atoms with Crippen LogP contribution in [0.15, 0.2) is 48.5 Å². The third-order valence-electron chi connectivity index (χ3n) is 5.00. The van der Waals surface area contributed by atoms with E-state index in [1.165, 1.54) is 0 Å². The third kappa shape index (κ3) is 4.14. The Kier molecular flexibility index (Phi) is 5.57. The minimum atomic E-state index is -0.0326. The summed E-state index contributed by atoms with van der Waals surface area (Å²) >= 11 is 0. The van der Waals surface area contributed by atoms with Gasteiger partial charge in [-0.25, -0.2) is 9.67 Å². The molecule has 1 amide bonds. The van der Waals surface area contributed by atoms with Crippen LogP contribution in [0.5, 0.6) is 5.75 Å². The lowest BCUT2D eigenvalue weighted by Crippen LogP contribution is -2.34. The highest BCUT2D eigenvalue weighted by molar-refractivity contribution is 5.97. The highest BCUT2D eigenvalue weighted by Crippen LogP contribution is 2.23. The van der Waals surface area contributed by atoms with E-state index in [1.807, 2.05) is 65.0 Å². The number of carbonyl (C=O) groups is 1. The van der Waals surface area contributed by atoms with E-state index < -0.39 is 0 Å². The van der Waals surface area contributed by atoms with Gasteiger partial charge in [-0.1, -0.05) is 42.0 Å². The molecule has 0 bridgehead atoms. The molecule has 2 aromatic carbocycles. The molecule has 7 heteroatoms. The Hall–Kier alpha value is -3.19. The van der Waals surface area contributed by atoms with E-state index in [1.54, 1.807) is 0 Å². The monoisotopic (exact) mass is 391 g/mol. The van der Waals surface area contributed by atoms with Gasteiger partial charge in [-0.2, -0.15) is 5.10 Å². The standard InChI is InChI=1S/C22H25N5O2/c1-16-7-8-19(29-14-10-23)18(15-16)22(28)26-11-9-20-24-21(25-27(20)13-12-26)17-5-3-2-4-6-17/h2-8,15H,9-14,23H2,1H3. The zero-order valence-electron chi connectivity index (χ0n) is 16.5. The van der Waals surface area contributed by atoms with E-state index in [0.717, 1.165) is 22.8 Å². The predicted molar refractivity (Wildman–Crippen MR) is 111 cm³/mol. The topological polar surface area (TPSA) is 86.3 Å². The lowest BCUT2D eigenvalue weighted by molar-refractivity contribution is 0.0754. The van der Waals surface area contributed by atoms with Crippen LogP contribution >= 0.6 is 0 Å². The zero-order chi connectivity index (χ0) is 20.2. The fourth-order valence-corrected chi connectivity index (χ4v) is 3.49. The first kappa shape index (κ1) is 19.1. The van der Waals surface area contributed by atoms with E-state index in [2.05, 4.69) is 5.10 Å².